The van der Waals surface area contributed by atoms with E-state index in [1.165, 1.54) is 0 Å². The highest BCUT2D eigenvalue weighted by Gasteiger charge is 2.11. The van der Waals surface area contributed by atoms with E-state index in [4.69, 9.17) is 5.73 Å². The molecule has 0 spiro atoms. The molecule has 100 valence electrons. The van der Waals surface area contributed by atoms with Crippen molar-refractivity contribution < 1.29 is 4.79 Å². The van der Waals surface area contributed by atoms with Crippen molar-refractivity contribution in [1.82, 2.24) is 20.1 Å². The van der Waals surface area contributed by atoms with Crippen LogP contribution in [0.5, 0.6) is 0 Å². The summed E-state index contributed by atoms with van der Waals surface area (Å²) in [6.07, 6.45) is 5.19. The molecule has 6 nitrogen and oxygen atoms in total. The largest absolute Gasteiger partial charge is 0.346 e. The molecule has 2 rings (SSSR count). The van der Waals surface area contributed by atoms with Crippen molar-refractivity contribution in [3.63, 3.8) is 0 Å². The normalized spacial score (nSPS) is 12.1. The molecular formula is C13H17N5O. The maximum absolute atomic E-state index is 11.9. The standard InChI is InChI=1S/C13H17N5O/c1-10(9-18-6-2-5-16-18)17-13(19)12-4-3-11(7-14)8-15-12/h2-6,8,10H,7,9,14H2,1H3,(H,17,19). The smallest absolute Gasteiger partial charge is 0.270 e. The summed E-state index contributed by atoms with van der Waals surface area (Å²) >= 11 is 0. The van der Waals surface area contributed by atoms with Gasteiger partial charge >= 0.3 is 0 Å². The third-order valence-corrected chi connectivity index (χ3v) is 2.69. The van der Waals surface area contributed by atoms with Crippen molar-refractivity contribution in [2.24, 2.45) is 5.73 Å². The summed E-state index contributed by atoms with van der Waals surface area (Å²) in [5, 5.41) is 6.97. The van der Waals surface area contributed by atoms with Gasteiger partial charge in [-0.1, -0.05) is 6.07 Å². The third kappa shape index (κ3) is 3.62. The minimum atomic E-state index is -0.191. The second-order valence-corrected chi connectivity index (χ2v) is 4.36. The van der Waals surface area contributed by atoms with Crippen LogP contribution in [0.2, 0.25) is 0 Å². The summed E-state index contributed by atoms with van der Waals surface area (Å²) < 4.78 is 1.77. The van der Waals surface area contributed by atoms with Crippen LogP contribution in [-0.4, -0.2) is 26.7 Å². The fourth-order valence-electron chi connectivity index (χ4n) is 1.71. The van der Waals surface area contributed by atoms with Gasteiger partial charge in [-0.15, -0.1) is 0 Å². The van der Waals surface area contributed by atoms with E-state index in [1.807, 2.05) is 19.2 Å². The van der Waals surface area contributed by atoms with Gasteiger partial charge in [0.25, 0.3) is 5.91 Å². The average molecular weight is 259 g/mol. The third-order valence-electron chi connectivity index (χ3n) is 2.69. The molecule has 0 saturated heterocycles. The van der Waals surface area contributed by atoms with Gasteiger partial charge in [0.2, 0.25) is 0 Å². The summed E-state index contributed by atoms with van der Waals surface area (Å²) in [6.45, 7) is 2.97. The first-order valence-electron chi connectivity index (χ1n) is 6.12. The van der Waals surface area contributed by atoms with Gasteiger partial charge in [0.05, 0.1) is 6.54 Å². The number of amides is 1. The van der Waals surface area contributed by atoms with Crippen LogP contribution in [0.15, 0.2) is 36.8 Å². The maximum atomic E-state index is 11.9. The Bertz CT molecular complexity index is 520. The van der Waals surface area contributed by atoms with Crippen molar-refractivity contribution >= 4 is 5.91 Å². The molecule has 1 unspecified atom stereocenters. The van der Waals surface area contributed by atoms with Gasteiger partial charge in [-0.05, 0) is 24.6 Å². The fraction of sp³-hybridized carbons (Fsp3) is 0.308. The van der Waals surface area contributed by atoms with E-state index in [0.29, 0.717) is 18.8 Å². The van der Waals surface area contributed by atoms with E-state index in [0.717, 1.165) is 5.56 Å². The molecule has 6 heteroatoms. The van der Waals surface area contributed by atoms with Gasteiger partial charge in [0, 0.05) is 31.2 Å². The van der Waals surface area contributed by atoms with Crippen LogP contribution >= 0.6 is 0 Å². The average Bonchev–Trinajstić information content (AvgIpc) is 2.91. The van der Waals surface area contributed by atoms with Gasteiger partial charge in [-0.3, -0.25) is 14.5 Å². The molecule has 0 fully saturated rings. The SMILES string of the molecule is CC(Cn1cccn1)NC(=O)c1ccc(CN)cn1. The zero-order valence-corrected chi connectivity index (χ0v) is 10.8. The lowest BCUT2D eigenvalue weighted by Crippen LogP contribution is -2.36. The zero-order valence-electron chi connectivity index (χ0n) is 10.8. The molecule has 19 heavy (non-hydrogen) atoms. The number of pyridine rings is 1. The number of carbonyl (C=O) groups is 1. The molecule has 2 aromatic rings. The van der Waals surface area contributed by atoms with E-state index >= 15 is 0 Å². The molecule has 0 aliphatic heterocycles. The van der Waals surface area contributed by atoms with Gasteiger partial charge in [-0.25, -0.2) is 0 Å². The van der Waals surface area contributed by atoms with Gasteiger partial charge < -0.3 is 11.1 Å². The summed E-state index contributed by atoms with van der Waals surface area (Å²) in [6, 6.07) is 5.31. The molecule has 0 aliphatic carbocycles. The predicted octanol–water partition coefficient (Wildman–Crippen LogP) is 0.555. The monoisotopic (exact) mass is 259 g/mol. The Morgan fingerprint density at radius 1 is 1.53 bits per heavy atom. The van der Waals surface area contributed by atoms with E-state index in [1.54, 1.807) is 29.2 Å². The molecule has 1 amide bonds. The first-order valence-corrected chi connectivity index (χ1v) is 6.12. The fourth-order valence-corrected chi connectivity index (χ4v) is 1.71. The summed E-state index contributed by atoms with van der Waals surface area (Å²) in [7, 11) is 0. The molecular weight excluding hydrogens is 242 g/mol. The Morgan fingerprint density at radius 2 is 2.37 bits per heavy atom. The molecule has 0 bridgehead atoms. The van der Waals surface area contributed by atoms with Crippen molar-refractivity contribution in [2.45, 2.75) is 26.1 Å². The van der Waals surface area contributed by atoms with Crippen LogP contribution < -0.4 is 11.1 Å². The van der Waals surface area contributed by atoms with Crippen molar-refractivity contribution in [2.75, 3.05) is 0 Å². The number of rotatable bonds is 5. The van der Waals surface area contributed by atoms with E-state index in [2.05, 4.69) is 15.4 Å². The lowest BCUT2D eigenvalue weighted by Gasteiger charge is -2.13. The highest BCUT2D eigenvalue weighted by Crippen LogP contribution is 2.00. The summed E-state index contributed by atoms with van der Waals surface area (Å²) in [4.78, 5) is 16.0. The number of nitrogens with one attached hydrogen (secondary N) is 1. The highest BCUT2D eigenvalue weighted by atomic mass is 16.1. The lowest BCUT2D eigenvalue weighted by molar-refractivity contribution is 0.0931. The quantitative estimate of drug-likeness (QED) is 0.821. The molecule has 0 aliphatic rings. The molecule has 3 N–H and O–H groups in total. The Morgan fingerprint density at radius 3 is 2.95 bits per heavy atom. The number of nitrogens with zero attached hydrogens (tertiary/aromatic N) is 3. The van der Waals surface area contributed by atoms with Gasteiger partial charge in [-0.2, -0.15) is 5.10 Å². The molecule has 0 radical (unpaired) electrons. The molecule has 1 atom stereocenters. The van der Waals surface area contributed by atoms with Crippen LogP contribution in [0, 0.1) is 0 Å². The van der Waals surface area contributed by atoms with E-state index < -0.39 is 0 Å². The minimum Gasteiger partial charge on any atom is -0.346 e. The van der Waals surface area contributed by atoms with E-state index in [-0.39, 0.29) is 11.9 Å². The number of hydrogen-bond donors (Lipinski definition) is 2. The first kappa shape index (κ1) is 13.2. The number of nitrogens with two attached hydrogens (primary N) is 1. The van der Waals surface area contributed by atoms with Crippen LogP contribution in [0.4, 0.5) is 0 Å². The molecule has 0 aromatic carbocycles. The Kier molecular flexibility index (Phi) is 4.25. The van der Waals surface area contributed by atoms with Crippen LogP contribution in [0.3, 0.4) is 0 Å². The maximum Gasteiger partial charge on any atom is 0.270 e. The predicted molar refractivity (Wildman–Crippen MR) is 71.3 cm³/mol. The van der Waals surface area contributed by atoms with Gasteiger partial charge in [0.15, 0.2) is 0 Å². The van der Waals surface area contributed by atoms with Crippen molar-refractivity contribution in [3.8, 4) is 0 Å². The first-order chi connectivity index (χ1) is 9.19. The number of aromatic nitrogens is 3. The number of carbonyl (C=O) groups excluding carboxylic acids is 1. The highest BCUT2D eigenvalue weighted by molar-refractivity contribution is 5.92. The topological polar surface area (TPSA) is 85.8 Å². The molecule has 0 saturated carbocycles. The van der Waals surface area contributed by atoms with E-state index in [9.17, 15) is 4.79 Å². The van der Waals surface area contributed by atoms with Crippen molar-refractivity contribution in [1.29, 1.82) is 0 Å². The molecule has 2 heterocycles. The second-order valence-electron chi connectivity index (χ2n) is 4.36. The number of hydrogen-bond acceptors (Lipinski definition) is 4. The van der Waals surface area contributed by atoms with Crippen LogP contribution in [0.1, 0.15) is 23.0 Å². The molecule has 2 aromatic heterocycles. The zero-order chi connectivity index (χ0) is 13.7. The van der Waals surface area contributed by atoms with Gasteiger partial charge in [0.1, 0.15) is 5.69 Å². The lowest BCUT2D eigenvalue weighted by atomic mass is 10.2. The summed E-state index contributed by atoms with van der Waals surface area (Å²) in [5.74, 6) is -0.191. The Balaban J connectivity index is 1.92. The summed E-state index contributed by atoms with van der Waals surface area (Å²) in [5.41, 5.74) is 6.78. The van der Waals surface area contributed by atoms with Crippen LogP contribution in [0.25, 0.3) is 0 Å². The second kappa shape index (κ2) is 6.10. The Labute approximate surface area is 111 Å². The minimum absolute atomic E-state index is 0.0246. The van der Waals surface area contributed by atoms with Crippen LogP contribution in [-0.2, 0) is 13.1 Å². The Hall–Kier alpha value is -2.21. The van der Waals surface area contributed by atoms with Crippen molar-refractivity contribution in [3.05, 3.63) is 48.0 Å².